The van der Waals surface area contributed by atoms with E-state index in [1.807, 2.05) is 0 Å². The van der Waals surface area contributed by atoms with Gasteiger partial charge in [-0.1, -0.05) is 0 Å². The Morgan fingerprint density at radius 2 is 1.93 bits per heavy atom. The summed E-state index contributed by atoms with van der Waals surface area (Å²) in [6.07, 6.45) is 0. The largest absolute Gasteiger partial charge is 0.395 e. The van der Waals surface area contributed by atoms with Crippen LogP contribution in [0.25, 0.3) is 0 Å². The lowest BCUT2D eigenvalue weighted by Crippen LogP contribution is -2.18. The van der Waals surface area contributed by atoms with Crippen molar-refractivity contribution in [1.29, 1.82) is 0 Å². The Morgan fingerprint density at radius 3 is 2.21 bits per heavy atom. The van der Waals surface area contributed by atoms with E-state index in [1.54, 1.807) is 27.8 Å². The Bertz CT molecular complexity index is 445. The number of rotatable bonds is 2. The van der Waals surface area contributed by atoms with E-state index in [0.29, 0.717) is 5.69 Å². The zero-order valence-electron chi connectivity index (χ0n) is 8.77. The number of nitrogens with two attached hydrogens (primary N) is 1. The van der Waals surface area contributed by atoms with Crippen molar-refractivity contribution in [3.8, 4) is 0 Å². The van der Waals surface area contributed by atoms with Gasteiger partial charge >= 0.3 is 0 Å². The zero-order valence-corrected chi connectivity index (χ0v) is 9.59. The first kappa shape index (κ1) is 11.0. The fourth-order valence-electron chi connectivity index (χ4n) is 1.21. The third-order valence-corrected chi connectivity index (χ3v) is 4.37. The Balaban J connectivity index is 3.48. The molecule has 0 aliphatic carbocycles. The molecule has 80 valence electrons. The highest BCUT2D eigenvalue weighted by Gasteiger charge is 2.27. The van der Waals surface area contributed by atoms with Gasteiger partial charge in [-0.25, -0.2) is 8.42 Å². The third kappa shape index (κ3) is 1.50. The van der Waals surface area contributed by atoms with Crippen LogP contribution in [0.5, 0.6) is 0 Å². The molecular formula is C8H15N3O2S. The van der Waals surface area contributed by atoms with Crippen molar-refractivity contribution >= 4 is 15.5 Å². The molecule has 0 aromatic carbocycles. The fourth-order valence-corrected chi connectivity index (χ4v) is 2.52. The quantitative estimate of drug-likeness (QED) is 0.782. The minimum Gasteiger partial charge on any atom is -0.395 e. The van der Waals surface area contributed by atoms with Gasteiger partial charge in [0.05, 0.1) is 16.6 Å². The van der Waals surface area contributed by atoms with E-state index in [-0.39, 0.29) is 10.7 Å². The first-order chi connectivity index (χ1) is 6.28. The first-order valence-electron chi connectivity index (χ1n) is 4.31. The van der Waals surface area contributed by atoms with Crippen LogP contribution in [-0.2, 0) is 16.9 Å². The van der Waals surface area contributed by atoms with Gasteiger partial charge in [-0.15, -0.1) is 0 Å². The van der Waals surface area contributed by atoms with E-state index in [9.17, 15) is 8.42 Å². The summed E-state index contributed by atoms with van der Waals surface area (Å²) < 4.78 is 25.0. The fraction of sp³-hybridized carbons (Fsp3) is 0.625. The van der Waals surface area contributed by atoms with Gasteiger partial charge < -0.3 is 5.73 Å². The molecule has 5 nitrogen and oxygen atoms in total. The SMILES string of the molecule is Cc1nn(C)c(S(=O)(=O)C(C)C)c1N. The van der Waals surface area contributed by atoms with E-state index in [4.69, 9.17) is 5.73 Å². The highest BCUT2D eigenvalue weighted by molar-refractivity contribution is 7.92. The lowest BCUT2D eigenvalue weighted by Gasteiger charge is -2.08. The van der Waals surface area contributed by atoms with Gasteiger partial charge in [0.2, 0.25) is 0 Å². The summed E-state index contributed by atoms with van der Waals surface area (Å²) in [5, 5.41) is 3.60. The molecule has 0 radical (unpaired) electrons. The molecule has 6 heteroatoms. The molecule has 0 fully saturated rings. The standard InChI is InChI=1S/C8H15N3O2S/c1-5(2)14(12,13)8-7(9)6(3)10-11(8)4/h5H,9H2,1-4H3. The maximum atomic E-state index is 11.8. The van der Waals surface area contributed by atoms with Crippen molar-refractivity contribution in [2.45, 2.75) is 31.0 Å². The monoisotopic (exact) mass is 217 g/mol. The van der Waals surface area contributed by atoms with Crippen LogP contribution in [0.1, 0.15) is 19.5 Å². The van der Waals surface area contributed by atoms with Crippen LogP contribution in [0, 0.1) is 6.92 Å². The second kappa shape index (κ2) is 3.27. The zero-order chi connectivity index (χ0) is 11.1. The molecule has 1 rings (SSSR count). The summed E-state index contributed by atoms with van der Waals surface area (Å²) in [5.74, 6) is 0. The van der Waals surface area contributed by atoms with E-state index >= 15 is 0 Å². The van der Waals surface area contributed by atoms with E-state index in [2.05, 4.69) is 5.10 Å². The Labute approximate surface area is 83.8 Å². The van der Waals surface area contributed by atoms with Gasteiger partial charge in [0.1, 0.15) is 0 Å². The smallest absolute Gasteiger partial charge is 0.199 e. The number of hydrogen-bond acceptors (Lipinski definition) is 4. The average molecular weight is 217 g/mol. The number of anilines is 1. The summed E-state index contributed by atoms with van der Waals surface area (Å²) in [6.45, 7) is 4.93. The van der Waals surface area contributed by atoms with Crippen molar-refractivity contribution in [2.24, 2.45) is 7.05 Å². The summed E-state index contributed by atoms with van der Waals surface area (Å²) in [7, 11) is -1.76. The molecular weight excluding hydrogens is 202 g/mol. The maximum Gasteiger partial charge on any atom is 0.199 e. The van der Waals surface area contributed by atoms with Gasteiger partial charge in [0.15, 0.2) is 14.9 Å². The first-order valence-corrected chi connectivity index (χ1v) is 5.86. The molecule has 1 aromatic heterocycles. The average Bonchev–Trinajstić information content (AvgIpc) is 2.26. The summed E-state index contributed by atoms with van der Waals surface area (Å²) in [5.41, 5.74) is 6.46. The van der Waals surface area contributed by atoms with Crippen LogP contribution in [0.3, 0.4) is 0 Å². The van der Waals surface area contributed by atoms with Crippen molar-refractivity contribution in [1.82, 2.24) is 9.78 Å². The Morgan fingerprint density at radius 1 is 1.43 bits per heavy atom. The van der Waals surface area contributed by atoms with Crippen molar-refractivity contribution in [2.75, 3.05) is 5.73 Å². The second-order valence-electron chi connectivity index (χ2n) is 3.52. The third-order valence-electron chi connectivity index (χ3n) is 2.10. The number of hydrogen-bond donors (Lipinski definition) is 1. The Kier molecular flexibility index (Phi) is 2.58. The molecule has 0 saturated heterocycles. The van der Waals surface area contributed by atoms with E-state index in [0.717, 1.165) is 0 Å². The predicted octanol–water partition coefficient (Wildman–Crippen LogP) is 0.493. The highest BCUT2D eigenvalue weighted by Crippen LogP contribution is 2.24. The van der Waals surface area contributed by atoms with Crippen LogP contribution in [0.4, 0.5) is 5.69 Å². The van der Waals surface area contributed by atoms with Gasteiger partial charge in [0, 0.05) is 7.05 Å². The van der Waals surface area contributed by atoms with Crippen molar-refractivity contribution in [3.63, 3.8) is 0 Å². The summed E-state index contributed by atoms with van der Waals surface area (Å²) >= 11 is 0. The van der Waals surface area contributed by atoms with Gasteiger partial charge in [0.25, 0.3) is 0 Å². The number of nitrogens with zero attached hydrogens (tertiary/aromatic N) is 2. The molecule has 14 heavy (non-hydrogen) atoms. The molecule has 0 aliphatic rings. The number of nitrogen functional groups attached to an aromatic ring is 1. The molecule has 0 unspecified atom stereocenters. The van der Waals surface area contributed by atoms with Crippen molar-refractivity contribution < 1.29 is 8.42 Å². The van der Waals surface area contributed by atoms with Gasteiger partial charge in [-0.2, -0.15) is 5.10 Å². The Hall–Kier alpha value is -1.04. The van der Waals surface area contributed by atoms with Gasteiger partial charge in [-0.05, 0) is 20.8 Å². The summed E-state index contributed by atoms with van der Waals surface area (Å²) in [6, 6.07) is 0. The molecule has 0 saturated carbocycles. The predicted molar refractivity (Wildman–Crippen MR) is 54.7 cm³/mol. The lowest BCUT2D eigenvalue weighted by atomic mass is 10.4. The summed E-state index contributed by atoms with van der Waals surface area (Å²) in [4.78, 5) is 0. The molecule has 0 bridgehead atoms. The lowest BCUT2D eigenvalue weighted by molar-refractivity contribution is 0.569. The molecule has 2 N–H and O–H groups in total. The normalized spacial score (nSPS) is 12.4. The number of aryl methyl sites for hydroxylation is 2. The number of sulfone groups is 1. The van der Waals surface area contributed by atoms with Crippen LogP contribution in [-0.4, -0.2) is 23.4 Å². The maximum absolute atomic E-state index is 11.8. The van der Waals surface area contributed by atoms with Crippen LogP contribution < -0.4 is 5.73 Å². The highest BCUT2D eigenvalue weighted by atomic mass is 32.2. The van der Waals surface area contributed by atoms with Crippen LogP contribution in [0.2, 0.25) is 0 Å². The minimum absolute atomic E-state index is 0.116. The topological polar surface area (TPSA) is 78.0 Å². The van der Waals surface area contributed by atoms with E-state index < -0.39 is 15.1 Å². The second-order valence-corrected chi connectivity index (χ2v) is 5.94. The minimum atomic E-state index is -3.34. The molecule has 0 amide bonds. The molecule has 0 aliphatic heterocycles. The van der Waals surface area contributed by atoms with E-state index in [1.165, 1.54) is 4.68 Å². The van der Waals surface area contributed by atoms with Gasteiger partial charge in [-0.3, -0.25) is 4.68 Å². The molecule has 1 heterocycles. The molecule has 1 aromatic rings. The molecule has 0 atom stereocenters. The number of aromatic nitrogens is 2. The van der Waals surface area contributed by atoms with Crippen molar-refractivity contribution in [3.05, 3.63) is 5.69 Å². The van der Waals surface area contributed by atoms with Crippen LogP contribution >= 0.6 is 0 Å². The van der Waals surface area contributed by atoms with Crippen LogP contribution in [0.15, 0.2) is 5.03 Å². The molecule has 0 spiro atoms.